The van der Waals surface area contributed by atoms with Crippen molar-refractivity contribution in [1.82, 2.24) is 0 Å². The molecule has 0 aliphatic heterocycles. The molecule has 1 saturated carbocycles. The zero-order valence-electron chi connectivity index (χ0n) is 21.4. The Hall–Kier alpha value is -3.23. The summed E-state index contributed by atoms with van der Waals surface area (Å²) >= 11 is 12.4. The summed E-state index contributed by atoms with van der Waals surface area (Å²) in [6.45, 7) is 4.27. The maximum atomic E-state index is 12.2. The molecule has 1 atom stereocenters. The summed E-state index contributed by atoms with van der Waals surface area (Å²) in [5, 5.41) is 8.33. The van der Waals surface area contributed by atoms with E-state index in [0.29, 0.717) is 35.8 Å². The van der Waals surface area contributed by atoms with Crippen LogP contribution in [0.4, 0.5) is 0 Å². The van der Waals surface area contributed by atoms with E-state index in [1.807, 2.05) is 49.4 Å². The molecule has 1 unspecified atom stereocenters. The number of alkyl halides is 2. The van der Waals surface area contributed by atoms with E-state index >= 15 is 0 Å². The van der Waals surface area contributed by atoms with E-state index in [1.165, 1.54) is 27.6 Å². The third-order valence-corrected chi connectivity index (χ3v) is 7.13. The molecule has 1 fully saturated rings. The second kappa shape index (κ2) is 12.3. The average molecular weight is 549 g/mol. The highest BCUT2D eigenvalue weighted by Crippen LogP contribution is 2.63. The summed E-state index contributed by atoms with van der Waals surface area (Å²) in [5.41, 5.74) is 3.10. The number of methoxy groups -OCH3 is 2. The molecule has 2 aromatic carbocycles. The molecule has 10 heteroatoms. The summed E-state index contributed by atoms with van der Waals surface area (Å²) in [6, 6.07) is 14.6. The first-order chi connectivity index (χ1) is 17.7. The fourth-order valence-corrected chi connectivity index (χ4v) is 4.27. The van der Waals surface area contributed by atoms with Crippen LogP contribution in [0.1, 0.15) is 37.0 Å². The number of carbonyl (C=O) groups is 1. The van der Waals surface area contributed by atoms with Gasteiger partial charge in [0.15, 0.2) is 0 Å². The highest BCUT2D eigenvalue weighted by Gasteiger charge is 2.63. The van der Waals surface area contributed by atoms with Crippen LogP contribution in [0, 0.1) is 5.41 Å². The second-order valence-corrected chi connectivity index (χ2v) is 10.2. The average Bonchev–Trinajstić information content (AvgIpc) is 3.41. The van der Waals surface area contributed by atoms with Crippen LogP contribution in [-0.4, -0.2) is 49.7 Å². The molecule has 198 valence electrons. The first kappa shape index (κ1) is 28.3. The first-order valence-electron chi connectivity index (χ1n) is 11.4. The topological polar surface area (TPSA) is 87.9 Å². The zero-order valence-corrected chi connectivity index (χ0v) is 22.9. The molecule has 0 radical (unpaired) electrons. The van der Waals surface area contributed by atoms with Crippen LogP contribution in [0.3, 0.4) is 0 Å². The van der Waals surface area contributed by atoms with Gasteiger partial charge >= 0.3 is 5.97 Å². The maximum absolute atomic E-state index is 12.2. The van der Waals surface area contributed by atoms with Gasteiger partial charge in [-0.05, 0) is 43.2 Å². The highest BCUT2D eigenvalue weighted by atomic mass is 35.5. The summed E-state index contributed by atoms with van der Waals surface area (Å²) < 4.78 is 15.1. The van der Waals surface area contributed by atoms with Crippen LogP contribution in [0.2, 0.25) is 0 Å². The molecule has 0 bridgehead atoms. The second-order valence-electron chi connectivity index (χ2n) is 8.74. The number of esters is 1. The minimum absolute atomic E-state index is 0.0972. The standard InChI is InChI=1S/C27H30Cl2N2O6/c1-18(30-37-14-20-8-6-7-9-22(20)23(15-33-3)25(32)34-4)24(31-35-5)19-10-12-21(13-11-19)36-17-26(2)16-27(26,28)29/h6-13,15H,14,16-17H2,1-5H3/b23-15+,30-18+,31-24-. The Bertz CT molecular complexity index is 1190. The molecule has 2 aromatic rings. The van der Waals surface area contributed by atoms with E-state index in [4.69, 9.17) is 47.1 Å². The van der Waals surface area contributed by atoms with Gasteiger partial charge in [0.1, 0.15) is 40.8 Å². The van der Waals surface area contributed by atoms with Gasteiger partial charge in [-0.2, -0.15) is 0 Å². The maximum Gasteiger partial charge on any atom is 0.341 e. The predicted molar refractivity (Wildman–Crippen MR) is 144 cm³/mol. The van der Waals surface area contributed by atoms with Crippen molar-refractivity contribution in [2.24, 2.45) is 15.7 Å². The number of benzene rings is 2. The Balaban J connectivity index is 1.70. The normalized spacial score (nSPS) is 19.2. The molecule has 0 saturated heterocycles. The number of rotatable bonds is 12. The third-order valence-electron chi connectivity index (χ3n) is 5.95. The number of hydrogen-bond acceptors (Lipinski definition) is 8. The van der Waals surface area contributed by atoms with Crippen molar-refractivity contribution < 1.29 is 28.7 Å². The van der Waals surface area contributed by atoms with Crippen LogP contribution < -0.4 is 4.74 Å². The van der Waals surface area contributed by atoms with Gasteiger partial charge in [0, 0.05) is 16.5 Å². The van der Waals surface area contributed by atoms with Gasteiger partial charge in [-0.15, -0.1) is 23.2 Å². The van der Waals surface area contributed by atoms with Crippen molar-refractivity contribution in [2.75, 3.05) is 27.9 Å². The van der Waals surface area contributed by atoms with Crippen LogP contribution in [0.15, 0.2) is 65.1 Å². The quantitative estimate of drug-likeness (QED) is 0.0837. The third kappa shape index (κ3) is 6.96. The molecule has 1 aliphatic rings. The highest BCUT2D eigenvalue weighted by molar-refractivity contribution is 6.51. The molecular formula is C27H30Cl2N2O6. The number of nitrogens with zero attached hydrogens (tertiary/aromatic N) is 2. The van der Waals surface area contributed by atoms with Crippen molar-refractivity contribution in [3.8, 4) is 5.75 Å². The molecule has 8 nitrogen and oxygen atoms in total. The lowest BCUT2D eigenvalue weighted by Gasteiger charge is -2.14. The van der Waals surface area contributed by atoms with Gasteiger partial charge in [0.2, 0.25) is 0 Å². The smallest absolute Gasteiger partial charge is 0.341 e. The summed E-state index contributed by atoms with van der Waals surface area (Å²) in [6.07, 6.45) is 2.03. The van der Waals surface area contributed by atoms with Gasteiger partial charge in [-0.3, -0.25) is 0 Å². The minimum atomic E-state index is -0.736. The monoisotopic (exact) mass is 548 g/mol. The van der Waals surface area contributed by atoms with Crippen molar-refractivity contribution in [3.63, 3.8) is 0 Å². The Morgan fingerprint density at radius 3 is 2.32 bits per heavy atom. The van der Waals surface area contributed by atoms with Gasteiger partial charge in [0.05, 0.1) is 27.1 Å². The van der Waals surface area contributed by atoms with E-state index < -0.39 is 10.3 Å². The number of oxime groups is 2. The van der Waals surface area contributed by atoms with Crippen LogP contribution in [-0.2, 0) is 30.6 Å². The molecule has 0 spiro atoms. The SMILES string of the molecule is CO/C=C(/C(=O)OC)c1ccccc1CO/N=C(C)/C(=N/OC)c1ccc(OCC2(C)CC2(Cl)Cl)cc1. The van der Waals surface area contributed by atoms with E-state index in [-0.39, 0.29) is 17.6 Å². The number of ether oxygens (including phenoxy) is 3. The summed E-state index contributed by atoms with van der Waals surface area (Å²) in [7, 11) is 4.23. The minimum Gasteiger partial charge on any atom is -0.503 e. The Kier molecular flexibility index (Phi) is 9.45. The van der Waals surface area contributed by atoms with E-state index in [2.05, 4.69) is 10.3 Å². The predicted octanol–water partition coefficient (Wildman–Crippen LogP) is 5.75. The number of hydrogen-bond donors (Lipinski definition) is 0. The van der Waals surface area contributed by atoms with E-state index in [0.717, 1.165) is 11.1 Å². The fraction of sp³-hybridized carbons (Fsp3) is 0.370. The molecule has 0 heterocycles. The van der Waals surface area contributed by atoms with Crippen molar-refractivity contribution in [3.05, 3.63) is 71.5 Å². The Morgan fingerprint density at radius 2 is 1.73 bits per heavy atom. The largest absolute Gasteiger partial charge is 0.503 e. The lowest BCUT2D eigenvalue weighted by atomic mass is 10.0. The van der Waals surface area contributed by atoms with Gasteiger partial charge in [0.25, 0.3) is 0 Å². The number of carbonyl (C=O) groups excluding carboxylic acids is 1. The van der Waals surface area contributed by atoms with Gasteiger partial charge < -0.3 is 23.9 Å². The fourth-order valence-electron chi connectivity index (χ4n) is 3.57. The summed E-state index contributed by atoms with van der Waals surface area (Å²) in [4.78, 5) is 22.9. The Labute approximate surface area is 226 Å². The molecule has 0 N–H and O–H groups in total. The molecule has 0 amide bonds. The molecule has 3 rings (SSSR count). The molecule has 37 heavy (non-hydrogen) atoms. The van der Waals surface area contributed by atoms with Gasteiger partial charge in [-0.1, -0.05) is 41.5 Å². The molecule has 0 aromatic heterocycles. The zero-order chi connectivity index (χ0) is 27.1. The first-order valence-corrected chi connectivity index (χ1v) is 12.2. The van der Waals surface area contributed by atoms with Crippen molar-refractivity contribution in [2.45, 2.75) is 31.2 Å². The lowest BCUT2D eigenvalue weighted by Crippen LogP contribution is -2.16. The van der Waals surface area contributed by atoms with Crippen LogP contribution in [0.25, 0.3) is 5.57 Å². The summed E-state index contributed by atoms with van der Waals surface area (Å²) in [5.74, 6) is 0.164. The van der Waals surface area contributed by atoms with Crippen LogP contribution >= 0.6 is 23.2 Å². The van der Waals surface area contributed by atoms with E-state index in [1.54, 1.807) is 13.0 Å². The Morgan fingerprint density at radius 1 is 1.05 bits per heavy atom. The van der Waals surface area contributed by atoms with Crippen molar-refractivity contribution >= 4 is 46.2 Å². The van der Waals surface area contributed by atoms with Gasteiger partial charge in [-0.25, -0.2) is 4.79 Å². The molecule has 1 aliphatic carbocycles. The molecular weight excluding hydrogens is 519 g/mol. The van der Waals surface area contributed by atoms with Crippen LogP contribution in [0.5, 0.6) is 5.75 Å². The lowest BCUT2D eigenvalue weighted by molar-refractivity contribution is -0.133. The number of halogens is 2. The van der Waals surface area contributed by atoms with E-state index in [9.17, 15) is 4.79 Å². The van der Waals surface area contributed by atoms with Crippen molar-refractivity contribution in [1.29, 1.82) is 0 Å².